The molecule has 2 amide bonds. The van der Waals surface area contributed by atoms with Gasteiger partial charge in [-0.25, -0.2) is 0 Å². The Labute approximate surface area is 115 Å². The van der Waals surface area contributed by atoms with Crippen LogP contribution in [-0.4, -0.2) is 61.9 Å². The van der Waals surface area contributed by atoms with Crippen molar-refractivity contribution >= 4 is 11.8 Å². The van der Waals surface area contributed by atoms with Crippen molar-refractivity contribution in [3.8, 4) is 0 Å². The largest absolute Gasteiger partial charge is 0.344 e. The van der Waals surface area contributed by atoms with Gasteiger partial charge in [0, 0.05) is 45.7 Å². The van der Waals surface area contributed by atoms with E-state index in [-0.39, 0.29) is 11.8 Å². The Balaban J connectivity index is 2.01. The summed E-state index contributed by atoms with van der Waals surface area (Å²) in [5.41, 5.74) is 0. The van der Waals surface area contributed by atoms with Gasteiger partial charge in [-0.3, -0.25) is 9.59 Å². The van der Waals surface area contributed by atoms with Crippen LogP contribution >= 0.6 is 0 Å². The van der Waals surface area contributed by atoms with Gasteiger partial charge in [-0.05, 0) is 19.9 Å². The SMILES string of the molecule is CNCCN(C)C(=O)CCCCCN1CC=CC1=O. The number of amides is 2. The molecule has 19 heavy (non-hydrogen) atoms. The van der Waals surface area contributed by atoms with Gasteiger partial charge in [0.05, 0.1) is 0 Å². The van der Waals surface area contributed by atoms with E-state index in [0.29, 0.717) is 6.42 Å². The minimum Gasteiger partial charge on any atom is -0.344 e. The first-order valence-electron chi connectivity index (χ1n) is 6.99. The molecular weight excluding hydrogens is 242 g/mol. The lowest BCUT2D eigenvalue weighted by Crippen LogP contribution is -2.32. The Bertz CT molecular complexity index is 329. The van der Waals surface area contributed by atoms with Crippen LogP contribution in [0.1, 0.15) is 25.7 Å². The highest BCUT2D eigenvalue weighted by Crippen LogP contribution is 2.07. The number of nitrogens with zero attached hydrogens (tertiary/aromatic N) is 2. The van der Waals surface area contributed by atoms with Crippen LogP contribution in [0, 0.1) is 0 Å². The van der Waals surface area contributed by atoms with Crippen LogP contribution in [0.5, 0.6) is 0 Å². The van der Waals surface area contributed by atoms with Crippen molar-refractivity contribution in [1.82, 2.24) is 15.1 Å². The molecule has 5 heteroatoms. The fourth-order valence-electron chi connectivity index (χ4n) is 2.03. The number of rotatable bonds is 9. The monoisotopic (exact) mass is 267 g/mol. The standard InChI is InChI=1S/C14H25N3O2/c1-15-9-12-16(2)13(18)7-4-3-5-10-17-11-6-8-14(17)19/h6,8,15H,3-5,7,9-12H2,1-2H3. The molecule has 108 valence electrons. The van der Waals surface area contributed by atoms with Gasteiger partial charge in [0.2, 0.25) is 11.8 Å². The Morgan fingerprint density at radius 1 is 1.42 bits per heavy atom. The molecule has 0 saturated carbocycles. The summed E-state index contributed by atoms with van der Waals surface area (Å²) in [5.74, 6) is 0.317. The van der Waals surface area contributed by atoms with Gasteiger partial charge in [0.25, 0.3) is 0 Å². The first kappa shape index (κ1) is 15.7. The van der Waals surface area contributed by atoms with Crippen molar-refractivity contribution in [2.24, 2.45) is 0 Å². The molecule has 0 spiro atoms. The lowest BCUT2D eigenvalue weighted by Gasteiger charge is -2.17. The Hall–Kier alpha value is -1.36. The summed E-state index contributed by atoms with van der Waals surface area (Å²) in [6, 6.07) is 0. The minimum atomic E-state index is 0.114. The maximum Gasteiger partial charge on any atom is 0.246 e. The smallest absolute Gasteiger partial charge is 0.246 e. The summed E-state index contributed by atoms with van der Waals surface area (Å²) in [6.07, 6.45) is 6.99. The molecule has 1 aliphatic heterocycles. The maximum absolute atomic E-state index is 11.7. The van der Waals surface area contributed by atoms with Gasteiger partial charge in [-0.2, -0.15) is 0 Å². The number of hydrogen-bond acceptors (Lipinski definition) is 3. The van der Waals surface area contributed by atoms with E-state index in [4.69, 9.17) is 0 Å². The topological polar surface area (TPSA) is 52.7 Å². The summed E-state index contributed by atoms with van der Waals surface area (Å²) in [6.45, 7) is 3.12. The van der Waals surface area contributed by atoms with Gasteiger partial charge in [0.15, 0.2) is 0 Å². The number of likely N-dealkylation sites (N-methyl/N-ethyl adjacent to an activating group) is 2. The first-order chi connectivity index (χ1) is 9.15. The zero-order valence-corrected chi connectivity index (χ0v) is 12.0. The van der Waals surface area contributed by atoms with E-state index in [2.05, 4.69) is 5.32 Å². The van der Waals surface area contributed by atoms with E-state index in [9.17, 15) is 9.59 Å². The molecule has 1 rings (SSSR count). The average Bonchev–Trinajstić information content (AvgIpc) is 2.81. The third kappa shape index (κ3) is 5.87. The van der Waals surface area contributed by atoms with Crippen molar-refractivity contribution in [3.63, 3.8) is 0 Å². The molecule has 0 bridgehead atoms. The average molecular weight is 267 g/mol. The molecule has 0 unspecified atom stereocenters. The van der Waals surface area contributed by atoms with E-state index in [1.807, 2.05) is 25.1 Å². The van der Waals surface area contributed by atoms with Crippen LogP contribution in [0.25, 0.3) is 0 Å². The molecule has 1 N–H and O–H groups in total. The zero-order chi connectivity index (χ0) is 14.1. The maximum atomic E-state index is 11.7. The Morgan fingerprint density at radius 3 is 2.84 bits per heavy atom. The van der Waals surface area contributed by atoms with Crippen LogP contribution in [0.2, 0.25) is 0 Å². The predicted octanol–water partition coefficient (Wildman–Crippen LogP) is 0.623. The highest BCUT2D eigenvalue weighted by Gasteiger charge is 2.13. The van der Waals surface area contributed by atoms with Gasteiger partial charge in [-0.15, -0.1) is 0 Å². The molecule has 5 nitrogen and oxygen atoms in total. The second-order valence-corrected chi connectivity index (χ2v) is 4.92. The summed E-state index contributed by atoms with van der Waals surface area (Å²) in [5, 5.41) is 3.03. The lowest BCUT2D eigenvalue weighted by molar-refractivity contribution is -0.130. The van der Waals surface area contributed by atoms with E-state index < -0.39 is 0 Å². The number of carbonyl (C=O) groups is 2. The summed E-state index contributed by atoms with van der Waals surface area (Å²) in [4.78, 5) is 26.7. The molecule has 1 heterocycles. The quantitative estimate of drug-likeness (QED) is 0.623. The van der Waals surface area contributed by atoms with E-state index in [1.54, 1.807) is 11.0 Å². The zero-order valence-electron chi connectivity index (χ0n) is 12.0. The van der Waals surface area contributed by atoms with Crippen LogP contribution in [0.3, 0.4) is 0 Å². The Morgan fingerprint density at radius 2 is 2.21 bits per heavy atom. The van der Waals surface area contributed by atoms with E-state index >= 15 is 0 Å². The number of hydrogen-bond donors (Lipinski definition) is 1. The van der Waals surface area contributed by atoms with Gasteiger partial charge in [0.1, 0.15) is 0 Å². The summed E-state index contributed by atoms with van der Waals surface area (Å²) < 4.78 is 0. The third-order valence-electron chi connectivity index (χ3n) is 3.34. The molecule has 0 aliphatic carbocycles. The molecule has 0 aromatic rings. The summed E-state index contributed by atoms with van der Waals surface area (Å²) >= 11 is 0. The second-order valence-electron chi connectivity index (χ2n) is 4.92. The van der Waals surface area contributed by atoms with E-state index in [0.717, 1.165) is 45.4 Å². The molecule has 0 aromatic heterocycles. The van der Waals surface area contributed by atoms with Crippen molar-refractivity contribution in [2.45, 2.75) is 25.7 Å². The summed E-state index contributed by atoms with van der Waals surface area (Å²) in [7, 11) is 3.72. The molecule has 0 saturated heterocycles. The molecule has 0 aromatic carbocycles. The number of unbranched alkanes of at least 4 members (excludes halogenated alkanes) is 2. The van der Waals surface area contributed by atoms with Gasteiger partial charge >= 0.3 is 0 Å². The Kier molecular flexibility index (Phi) is 7.18. The predicted molar refractivity (Wildman–Crippen MR) is 75.8 cm³/mol. The number of carbonyl (C=O) groups excluding carboxylic acids is 2. The minimum absolute atomic E-state index is 0.114. The number of nitrogens with one attached hydrogen (secondary N) is 1. The fourth-order valence-corrected chi connectivity index (χ4v) is 2.03. The normalized spacial score (nSPS) is 14.2. The second kappa shape index (κ2) is 8.69. The van der Waals surface area contributed by atoms with Crippen LogP contribution < -0.4 is 5.32 Å². The van der Waals surface area contributed by atoms with Gasteiger partial charge < -0.3 is 15.1 Å². The lowest BCUT2D eigenvalue weighted by atomic mass is 10.1. The van der Waals surface area contributed by atoms with Gasteiger partial charge in [-0.1, -0.05) is 12.5 Å². The van der Waals surface area contributed by atoms with Crippen LogP contribution in [0.4, 0.5) is 0 Å². The molecule has 1 aliphatic rings. The highest BCUT2D eigenvalue weighted by atomic mass is 16.2. The van der Waals surface area contributed by atoms with E-state index in [1.165, 1.54) is 0 Å². The van der Waals surface area contributed by atoms with Crippen molar-refractivity contribution < 1.29 is 9.59 Å². The highest BCUT2D eigenvalue weighted by molar-refractivity contribution is 5.89. The third-order valence-corrected chi connectivity index (χ3v) is 3.34. The molecule has 0 atom stereocenters. The fraction of sp³-hybridized carbons (Fsp3) is 0.714. The van der Waals surface area contributed by atoms with Crippen LogP contribution in [-0.2, 0) is 9.59 Å². The van der Waals surface area contributed by atoms with Crippen molar-refractivity contribution in [3.05, 3.63) is 12.2 Å². The first-order valence-corrected chi connectivity index (χ1v) is 6.99. The van der Waals surface area contributed by atoms with Crippen LogP contribution in [0.15, 0.2) is 12.2 Å². The molecule has 0 radical (unpaired) electrons. The molecular formula is C14H25N3O2. The van der Waals surface area contributed by atoms with Crippen molar-refractivity contribution in [2.75, 3.05) is 40.3 Å². The van der Waals surface area contributed by atoms with Crippen molar-refractivity contribution in [1.29, 1.82) is 0 Å². The molecule has 0 fully saturated rings.